The summed E-state index contributed by atoms with van der Waals surface area (Å²) in [4.78, 5) is 126. The van der Waals surface area contributed by atoms with Crippen LogP contribution >= 0.6 is 0 Å². The number of aryl methyl sites for hydroxylation is 2. The molecule has 784 valence electrons. The Kier molecular flexibility index (Phi) is 45.9. The first-order chi connectivity index (χ1) is 68.4. The maximum absolute atomic E-state index is 13.2. The van der Waals surface area contributed by atoms with Crippen LogP contribution in [0.25, 0.3) is 44.1 Å². The third kappa shape index (κ3) is 31.3. The van der Waals surface area contributed by atoms with E-state index in [4.69, 9.17) is 45.8 Å². The van der Waals surface area contributed by atoms with E-state index in [0.29, 0.717) is 145 Å². The number of carbonyl (C=O) groups is 7. The van der Waals surface area contributed by atoms with Crippen LogP contribution in [0.1, 0.15) is 136 Å². The molecule has 48 heteroatoms. The van der Waals surface area contributed by atoms with Gasteiger partial charge in [-0.1, -0.05) is 35.4 Å². The number of carbonyl (C=O) groups excluding carboxylic acids is 6. The number of hydroxylamine groups is 2. The van der Waals surface area contributed by atoms with E-state index in [-0.39, 0.29) is 122 Å². The van der Waals surface area contributed by atoms with Gasteiger partial charge in [-0.3, -0.25) is 54.4 Å². The van der Waals surface area contributed by atoms with Gasteiger partial charge < -0.3 is 62.2 Å². The molecule has 45 nitrogen and oxygen atoms in total. The zero-order valence-corrected chi connectivity index (χ0v) is 88.4. The molecule has 144 heavy (non-hydrogen) atoms. The number of rotatable bonds is 26. The van der Waals surface area contributed by atoms with Gasteiger partial charge in [0.1, 0.15) is 43.1 Å². The van der Waals surface area contributed by atoms with Crippen molar-refractivity contribution in [2.24, 2.45) is 53.2 Å². The van der Waals surface area contributed by atoms with Gasteiger partial charge in [0.25, 0.3) is 20.0 Å². The Morgan fingerprint density at radius 3 is 1.18 bits per heavy atom. The van der Waals surface area contributed by atoms with Crippen LogP contribution in [0.4, 0.5) is 23.3 Å². The Labute approximate surface area is 854 Å². The number of hydrazine groups is 5. The van der Waals surface area contributed by atoms with E-state index in [1.807, 2.05) is 113 Å². The zero-order valence-electron chi connectivity index (χ0n) is 83.8. The summed E-state index contributed by atoms with van der Waals surface area (Å²) in [6, 6.07) is 22.7. The summed E-state index contributed by atoms with van der Waals surface area (Å²) >= 11 is 0. The molecule has 7 saturated heterocycles. The van der Waals surface area contributed by atoms with Gasteiger partial charge in [0.05, 0.1) is 106 Å². The summed E-state index contributed by atoms with van der Waals surface area (Å²) in [5.41, 5.74) is 7.47. The number of aromatic nitrogens is 12. The molecule has 0 saturated carbocycles. The summed E-state index contributed by atoms with van der Waals surface area (Å²) in [5.74, 6) is 12.0. The summed E-state index contributed by atoms with van der Waals surface area (Å²) in [5, 5.41) is 44.3. The molecule has 0 spiro atoms. The average Bonchev–Trinajstić information content (AvgIpc) is 1.60. The number of piperidine rings is 7. The predicted octanol–water partition coefficient (Wildman–Crippen LogP) is 8.15. The largest absolute Gasteiger partial charge is 0.481 e. The number of fused-ring (bicyclic) bond motifs is 4. The number of hydrogen-bond acceptors (Lipinski definition) is 39. The first-order valence-electron chi connectivity index (χ1n) is 48.3. The van der Waals surface area contributed by atoms with Gasteiger partial charge >= 0.3 is 35.8 Å². The molecule has 7 aliphatic heterocycles. The van der Waals surface area contributed by atoms with Gasteiger partial charge in [-0.25, -0.2) is 94.6 Å². The molecule has 2 aromatic carbocycles. The molecule has 10 aromatic rings. The molecule has 0 unspecified atom stereocenters. The van der Waals surface area contributed by atoms with Crippen LogP contribution < -0.4 is 42.8 Å². The molecule has 7 aliphatic rings. The number of aromatic amines is 2. The average molecular weight is 2210 g/mol. The Morgan fingerprint density at radius 2 is 0.792 bits per heavy atom. The molecule has 17 rings (SSSR count). The smallest absolute Gasteiger partial charge is 0.309 e. The van der Waals surface area contributed by atoms with Gasteiger partial charge in [-0.2, -0.15) is 16.2 Å². The van der Waals surface area contributed by atoms with Crippen molar-refractivity contribution in [3.63, 3.8) is 0 Å². The Morgan fingerprint density at radius 1 is 0.451 bits per heavy atom. The maximum Gasteiger partial charge on any atom is 0.309 e. The number of nitrogens with two attached hydrogens (primary N) is 2. The predicted molar refractivity (Wildman–Crippen MR) is 536 cm³/mol. The van der Waals surface area contributed by atoms with Gasteiger partial charge in [-0.15, -0.1) is 0 Å². The van der Waals surface area contributed by atoms with E-state index in [1.54, 1.807) is 84.0 Å². The van der Waals surface area contributed by atoms with E-state index in [1.165, 1.54) is 39.3 Å². The van der Waals surface area contributed by atoms with Crippen molar-refractivity contribution in [3.05, 3.63) is 141 Å². The summed E-state index contributed by atoms with van der Waals surface area (Å²) in [6.45, 7) is 25.7. The summed E-state index contributed by atoms with van der Waals surface area (Å²) in [6.07, 6.45) is 23.2. The first-order valence-corrected chi connectivity index (χ1v) is 51.2. The molecular formula is C96H138N27O18S2W-. The number of carboxylic acid groups (broad SMARTS) is 1. The third-order valence-corrected chi connectivity index (χ3v) is 29.1. The van der Waals surface area contributed by atoms with Crippen molar-refractivity contribution >= 4 is 129 Å². The second-order valence-electron chi connectivity index (χ2n) is 34.9. The monoisotopic (exact) mass is 2200 g/mol. The van der Waals surface area contributed by atoms with Crippen molar-refractivity contribution < 1.29 is 105 Å². The molecule has 0 bridgehead atoms. The van der Waals surface area contributed by atoms with E-state index in [9.17, 15) is 50.4 Å². The van der Waals surface area contributed by atoms with Crippen LogP contribution in [-0.4, -0.2) is 304 Å². The number of amides is 1. The fourth-order valence-electron chi connectivity index (χ4n) is 17.4. The van der Waals surface area contributed by atoms with Gasteiger partial charge in [0.15, 0.2) is 34.6 Å². The normalized spacial score (nSPS) is 17.0. The number of nitriles is 1. The van der Waals surface area contributed by atoms with Gasteiger partial charge in [-0.05, 0) is 200 Å². The molecule has 0 radical (unpaired) electrons. The van der Waals surface area contributed by atoms with Gasteiger partial charge in [0, 0.05) is 151 Å². The number of benzene rings is 2. The number of esters is 5. The minimum Gasteiger partial charge on any atom is -0.481 e. The molecule has 0 aliphatic carbocycles. The van der Waals surface area contributed by atoms with Crippen LogP contribution in [0.5, 0.6) is 0 Å². The number of anilines is 4. The minimum atomic E-state index is -3.79. The Hall–Kier alpha value is -11.9. The van der Waals surface area contributed by atoms with Crippen LogP contribution in [0.15, 0.2) is 133 Å². The number of carboxylic acids is 1. The van der Waals surface area contributed by atoms with E-state index < -0.39 is 26.0 Å². The van der Waals surface area contributed by atoms with Crippen molar-refractivity contribution in [1.82, 2.24) is 98.5 Å². The molecule has 8 aromatic heterocycles. The van der Waals surface area contributed by atoms with Crippen LogP contribution in [0, 0.1) is 74.0 Å². The molecular weight excluding hydrogens is 2070 g/mol. The van der Waals surface area contributed by atoms with Crippen molar-refractivity contribution in [1.29, 1.82) is 5.26 Å². The number of H-pyrrole nitrogens is 2. The third-order valence-electron chi connectivity index (χ3n) is 25.7. The molecule has 10 N–H and O–H groups in total. The Bertz CT molecular complexity index is 6020. The second-order valence-corrected chi connectivity index (χ2v) is 38.5. The SMILES string of the molecule is CCOC(=O)C1CCN(N(C)c2ncnc3c2ccn3S(=O)(=O)c2ccc(C)cc2)CC1.CCOC(=O)C1CCN(N)CC1.CCOC(=O)C1CCN(Nc2ncnc3c2ccn3S(=O)(=O)c2ccc(C)cc2)CC1.CCOC(=O)C1CCN(ON)CC1.CCOC(=O)C1CCNCC1.CN(c1ncnc2[nH]ccc12)N1CCC(C(=O)NCC#N)CC1.CN(c1ncnc2[nH]ccc12)N1CCC(C(=O)O)CC1.[CH3-].[W]. The van der Waals surface area contributed by atoms with Crippen LogP contribution in [0.2, 0.25) is 0 Å². The van der Waals surface area contributed by atoms with E-state index in [0.717, 1.165) is 149 Å². The van der Waals surface area contributed by atoms with Crippen molar-refractivity contribution in [2.45, 2.75) is 148 Å². The standard InChI is InChI=1S/C22H27N5O4S.C21H25N5O4S.C15H19N7O.C13H17N5O2.C8H16N2O3.C8H16N2O2.C8H15NO2.CH3.W/c1-4-31-22(28)17-9-12-26(13-10-17)25(3)20-19-11-14-27(21(19)24-15-23-20)32(29,30)18-7-5-16(2)6-8-18;1-3-30-21(27)16-8-11-25(12-9-16)24-19-18-10-13-26(20(18)23-14-22-19)31(28,29)17-6-4-15(2)5-7-17;1-21(14-12-2-6-17-13(12)19-10-20-14)22-8-3-11(4-9-22)15(23)18-7-5-16;1-17(18-6-3-9(4-7-18)13(19)20)12-10-2-5-14-11(10)15-8-16-12;1-2-12-8(11)7-3-5-10(13-9)6-4-7;1-2-12-8(11)7-3-5-10(9)6-4-7;1-2-11-8(10)7-3-5-9-6-4-7;;/h5-8,11,14-15,17H,4,9-10,12-13H2,1-3H3;4-7,10,13-14,16H,3,8-9,11-12H2,1-2H3,(H,22,23,24);2,6,10-11H,3-4,7-9H2,1H3,(H,18,23)(H,17,19,20);2,5,8-9H,3-4,6-7H2,1H3,(H,19,20)(H,14,15,16);7H,2-6,9H2,1H3;7H,2-6,9H2,1H3;7,9H,2-6H2,1H3;1H3;/q;;;;;;;-1;. The fraction of sp³-hybridized carbons (Fsp3) is 0.531. The fourth-order valence-corrected chi connectivity index (χ4v) is 20.0. The number of nitrogens with zero attached hydrogens (tertiary/aromatic N) is 20. The summed E-state index contributed by atoms with van der Waals surface area (Å²) in [7, 11) is -1.74. The van der Waals surface area contributed by atoms with Gasteiger partial charge in [0.2, 0.25) is 5.91 Å². The zero-order chi connectivity index (χ0) is 102. The molecule has 15 heterocycles. The summed E-state index contributed by atoms with van der Waals surface area (Å²) < 4.78 is 80.0. The molecule has 1 amide bonds. The maximum atomic E-state index is 13.2. The molecule has 7 fully saturated rings. The van der Waals surface area contributed by atoms with Crippen molar-refractivity contribution in [3.8, 4) is 6.07 Å². The van der Waals surface area contributed by atoms with Crippen LogP contribution in [0.3, 0.4) is 0 Å². The topological polar surface area (TPSA) is 549 Å². The quantitative estimate of drug-likeness (QED) is 0.00632. The number of nitrogens with one attached hydrogen (secondary N) is 5. The van der Waals surface area contributed by atoms with Crippen LogP contribution in [-0.2, 0) is 103 Å². The van der Waals surface area contributed by atoms with E-state index in [2.05, 4.69) is 85.9 Å². The molecule has 0 atom stereocenters. The Balaban J connectivity index is 0.000000193. The first kappa shape index (κ1) is 116. The number of ether oxygens (including phenoxy) is 5. The second kappa shape index (κ2) is 57.1. The number of aliphatic carboxylic acids is 1. The van der Waals surface area contributed by atoms with E-state index >= 15 is 0 Å². The minimum absolute atomic E-state index is 0. The number of hydrogen-bond donors (Lipinski definition) is 8. The van der Waals surface area contributed by atoms with Crippen molar-refractivity contribution in [2.75, 3.05) is 173 Å².